The van der Waals surface area contributed by atoms with Crippen LogP contribution in [0.3, 0.4) is 0 Å². The maximum Gasteiger partial charge on any atom is 0.211 e. The van der Waals surface area contributed by atoms with Crippen molar-refractivity contribution in [1.82, 2.24) is 10.3 Å². The highest BCUT2D eigenvalue weighted by atomic mass is 79.9. The Morgan fingerprint density at radius 2 is 1.82 bits per heavy atom. The lowest BCUT2D eigenvalue weighted by Crippen LogP contribution is -2.16. The summed E-state index contributed by atoms with van der Waals surface area (Å²) in [6.07, 6.45) is 8.64. The minimum Gasteiger partial charge on any atom is -0.499 e. The molecule has 34 heavy (non-hydrogen) atoms. The van der Waals surface area contributed by atoms with Crippen molar-refractivity contribution in [3.05, 3.63) is 52.0 Å². The van der Waals surface area contributed by atoms with E-state index in [0.29, 0.717) is 19.3 Å². The number of ether oxygens (including phenoxy) is 2. The van der Waals surface area contributed by atoms with Crippen molar-refractivity contribution in [2.24, 2.45) is 0 Å². The van der Waals surface area contributed by atoms with Gasteiger partial charge in [0.05, 0.1) is 49.8 Å². The first-order valence-corrected chi connectivity index (χ1v) is 12.2. The highest BCUT2D eigenvalue weighted by Crippen LogP contribution is 2.32. The molecule has 2 aromatic rings. The van der Waals surface area contributed by atoms with Crippen LogP contribution >= 0.6 is 15.9 Å². The van der Waals surface area contributed by atoms with E-state index in [4.69, 9.17) is 9.47 Å². The predicted octanol–water partition coefficient (Wildman–Crippen LogP) is 7.32. The molecule has 1 aromatic carbocycles. The van der Waals surface area contributed by atoms with Crippen molar-refractivity contribution < 1.29 is 18.7 Å². The molecule has 0 unspecified atom stereocenters. The third kappa shape index (κ3) is 10.5. The lowest BCUT2D eigenvalue weighted by molar-refractivity contribution is -0.105. The van der Waals surface area contributed by atoms with E-state index in [1.807, 2.05) is 53.0 Å². The van der Waals surface area contributed by atoms with Crippen LogP contribution in [-0.2, 0) is 9.53 Å². The van der Waals surface area contributed by atoms with E-state index < -0.39 is 0 Å². The molecule has 0 bridgehead atoms. The second-order valence-corrected chi connectivity index (χ2v) is 7.03. The zero-order valence-electron chi connectivity index (χ0n) is 22.0. The fourth-order valence-corrected chi connectivity index (χ4v) is 3.41. The topological polar surface area (TPSA) is 72.5 Å². The van der Waals surface area contributed by atoms with Gasteiger partial charge in [-0.3, -0.25) is 14.2 Å². The molecule has 0 fully saturated rings. The molecule has 1 amide bonds. The van der Waals surface area contributed by atoms with Gasteiger partial charge in [-0.05, 0) is 58.8 Å². The van der Waals surface area contributed by atoms with E-state index in [-0.39, 0.29) is 0 Å². The molecule has 0 saturated heterocycles. The van der Waals surface area contributed by atoms with Gasteiger partial charge in [0.15, 0.2) is 0 Å². The van der Waals surface area contributed by atoms with Gasteiger partial charge in [-0.2, -0.15) is 0 Å². The zero-order valence-corrected chi connectivity index (χ0v) is 23.6. The van der Waals surface area contributed by atoms with Crippen LogP contribution in [0, 0.1) is 6.92 Å². The molecule has 1 aliphatic heterocycles. The summed E-state index contributed by atoms with van der Waals surface area (Å²) < 4.78 is 20.8. The van der Waals surface area contributed by atoms with Gasteiger partial charge < -0.3 is 20.1 Å². The number of halogens is 2. The van der Waals surface area contributed by atoms with Crippen LogP contribution in [0.1, 0.15) is 53.0 Å². The quantitative estimate of drug-likeness (QED) is 0.374. The Morgan fingerprint density at radius 3 is 2.35 bits per heavy atom. The monoisotopic (exact) mass is 541 g/mol. The molecule has 0 saturated carbocycles. The van der Waals surface area contributed by atoms with E-state index >= 15 is 0 Å². The first kappa shape index (κ1) is 33.6. The molecule has 8 heteroatoms. The van der Waals surface area contributed by atoms with E-state index in [9.17, 15) is 9.18 Å². The molecule has 1 aliphatic rings. The first-order chi connectivity index (χ1) is 16.5. The maximum atomic E-state index is 10.5. The van der Waals surface area contributed by atoms with Crippen LogP contribution < -0.4 is 15.4 Å². The summed E-state index contributed by atoms with van der Waals surface area (Å²) in [6.45, 7) is 13.0. The Labute approximate surface area is 213 Å². The molecule has 6 nitrogen and oxygen atoms in total. The molecule has 0 radical (unpaired) electrons. The number of hydrogen-bond acceptors (Lipinski definition) is 5. The normalized spacial score (nSPS) is 11.0. The van der Waals surface area contributed by atoms with Crippen molar-refractivity contribution in [2.45, 2.75) is 54.4 Å². The molecule has 1 aromatic heterocycles. The van der Waals surface area contributed by atoms with Crippen molar-refractivity contribution in [3.8, 4) is 5.75 Å². The molecule has 0 spiro atoms. The fraction of sp³-hybridized carbons (Fsp3) is 0.462. The summed E-state index contributed by atoms with van der Waals surface area (Å²) in [6, 6.07) is 3.80. The van der Waals surface area contributed by atoms with Gasteiger partial charge in [-0.1, -0.05) is 41.0 Å². The van der Waals surface area contributed by atoms with Gasteiger partial charge in [0, 0.05) is 11.5 Å². The number of pyridine rings is 1. The minimum absolute atomic E-state index is 0.500. The predicted molar refractivity (Wildman–Crippen MR) is 146 cm³/mol. The average molecular weight is 543 g/mol. The third-order valence-corrected chi connectivity index (χ3v) is 5.03. The van der Waals surface area contributed by atoms with Gasteiger partial charge in [0.25, 0.3) is 0 Å². The van der Waals surface area contributed by atoms with Crippen LogP contribution in [0.4, 0.5) is 10.1 Å². The van der Waals surface area contributed by atoms with Gasteiger partial charge >= 0.3 is 0 Å². The number of dihydropyridines is 1. The smallest absolute Gasteiger partial charge is 0.211 e. The number of nitrogens with one attached hydrogen (secondary N) is 2. The molecule has 3 rings (SSSR count). The van der Waals surface area contributed by atoms with Crippen LogP contribution in [0.15, 0.2) is 46.4 Å². The Kier molecular flexibility index (Phi) is 20.7. The number of hydrogen-bond donors (Lipinski definition) is 2. The molecular weight excluding hydrogens is 501 g/mol. The van der Waals surface area contributed by atoms with E-state index in [0.717, 1.165) is 45.4 Å². The number of amides is 1. The maximum absolute atomic E-state index is 10.5. The van der Waals surface area contributed by atoms with Crippen LogP contribution in [0.5, 0.6) is 5.75 Å². The number of methoxy groups -OCH3 is 2. The molecule has 0 aliphatic carbocycles. The summed E-state index contributed by atoms with van der Waals surface area (Å²) in [5.74, 6) is 1.81. The van der Waals surface area contributed by atoms with Gasteiger partial charge in [-0.25, -0.2) is 0 Å². The average Bonchev–Trinajstić information content (AvgIpc) is 2.90. The second kappa shape index (κ2) is 21.0. The number of alkyl halides is 1. The summed E-state index contributed by atoms with van der Waals surface area (Å²) in [5.41, 5.74) is 3.85. The second-order valence-electron chi connectivity index (χ2n) is 6.18. The number of rotatable bonds is 6. The lowest BCUT2D eigenvalue weighted by atomic mass is 10.1. The third-order valence-electron chi connectivity index (χ3n) is 4.41. The molecule has 0 atom stereocenters. The number of nitrogens with zero attached hydrogens (tertiary/aromatic N) is 1. The van der Waals surface area contributed by atoms with E-state index in [1.54, 1.807) is 20.4 Å². The summed E-state index contributed by atoms with van der Waals surface area (Å²) >= 11 is 3.43. The standard InChI is InChI=1S/C12H11BrN2O2.C9H15NO.2C2H6.CH3F/c1-7-8-3-9(13)12(17-2)4-10(8)14-5-11(7)15-6-16;1-3-4-8-5-6-10-7-9(8)11-2;3*1-2/h3-6H,1-2H3,(H,15,16);5-6,10H,3-4,7H2,1-2H3;2*1-2H3;1H3. The number of carbonyl (C=O) groups excluding carboxylic acids is 1. The Hall–Kier alpha value is -2.61. The number of aryl methyl sites for hydroxylation is 1. The molecule has 2 heterocycles. The highest BCUT2D eigenvalue weighted by Gasteiger charge is 2.09. The van der Waals surface area contributed by atoms with Gasteiger partial charge in [-0.15, -0.1) is 0 Å². The number of carbonyl (C=O) groups is 1. The molecular formula is C26H41BrFN3O3. The highest BCUT2D eigenvalue weighted by molar-refractivity contribution is 9.10. The Morgan fingerprint density at radius 1 is 1.18 bits per heavy atom. The van der Waals surface area contributed by atoms with Crippen molar-refractivity contribution >= 4 is 38.9 Å². The van der Waals surface area contributed by atoms with Crippen molar-refractivity contribution in [3.63, 3.8) is 0 Å². The summed E-state index contributed by atoms with van der Waals surface area (Å²) in [7, 11) is 3.84. The van der Waals surface area contributed by atoms with E-state index in [1.165, 1.54) is 12.0 Å². The van der Waals surface area contributed by atoms with Gasteiger partial charge in [0.1, 0.15) is 11.5 Å². The van der Waals surface area contributed by atoms with Gasteiger partial charge in [0.2, 0.25) is 6.41 Å². The number of fused-ring (bicyclic) bond motifs is 1. The lowest BCUT2D eigenvalue weighted by Gasteiger charge is -2.15. The zero-order chi connectivity index (χ0) is 26.5. The summed E-state index contributed by atoms with van der Waals surface area (Å²) in [5, 5.41) is 6.71. The molecule has 192 valence electrons. The minimum atomic E-state index is 0.500. The molecule has 2 N–H and O–H groups in total. The largest absolute Gasteiger partial charge is 0.499 e. The Bertz CT molecular complexity index is 902. The Balaban J connectivity index is 0. The van der Waals surface area contributed by atoms with Crippen molar-refractivity contribution in [2.75, 3.05) is 33.3 Å². The SMILES string of the molecule is CC.CC.CCCC1=C(OC)CNC=C1.CF.COc1cc2ncc(NC=O)c(C)c2cc1Br. The number of allylic oxidation sites excluding steroid dienone is 2. The van der Waals surface area contributed by atoms with E-state index in [2.05, 4.69) is 44.5 Å². The number of benzene rings is 1. The van der Waals surface area contributed by atoms with Crippen molar-refractivity contribution in [1.29, 1.82) is 0 Å². The first-order valence-electron chi connectivity index (χ1n) is 11.4. The number of anilines is 1. The fourth-order valence-electron chi connectivity index (χ4n) is 2.90. The number of aromatic nitrogens is 1. The van der Waals surface area contributed by atoms with Crippen LogP contribution in [0.25, 0.3) is 10.9 Å². The van der Waals surface area contributed by atoms with Crippen LogP contribution in [0.2, 0.25) is 0 Å². The van der Waals surface area contributed by atoms with Crippen LogP contribution in [-0.4, -0.2) is 39.3 Å². The summed E-state index contributed by atoms with van der Waals surface area (Å²) in [4.78, 5) is 14.7.